The quantitative estimate of drug-likeness (QED) is 0.294. The summed E-state index contributed by atoms with van der Waals surface area (Å²) < 4.78 is 101. The number of nitrogens with one attached hydrogen (secondary N) is 2. The second kappa shape index (κ2) is 10.7. The van der Waals surface area contributed by atoms with E-state index in [2.05, 4.69) is 20.4 Å². The predicted molar refractivity (Wildman–Crippen MR) is 135 cm³/mol. The fourth-order valence-electron chi connectivity index (χ4n) is 4.79. The highest BCUT2D eigenvalue weighted by Gasteiger charge is 2.38. The van der Waals surface area contributed by atoms with Gasteiger partial charge in [0, 0.05) is 30.9 Å². The first-order valence-electron chi connectivity index (χ1n) is 12.2. The second-order valence-corrected chi connectivity index (χ2v) is 9.65. The number of rotatable bonds is 5. The Kier molecular flexibility index (Phi) is 7.38. The maximum absolute atomic E-state index is 15.0. The smallest absolute Gasteiger partial charge is 0.383 e. The lowest BCUT2D eigenvalue weighted by Crippen LogP contribution is -2.39. The predicted octanol–water partition coefficient (Wildman–Crippen LogP) is 3.82. The summed E-state index contributed by atoms with van der Waals surface area (Å²) in [5.74, 6) is -2.59. The van der Waals surface area contributed by atoms with E-state index in [1.165, 1.54) is 22.9 Å². The van der Waals surface area contributed by atoms with Crippen molar-refractivity contribution in [1.82, 2.24) is 24.7 Å². The van der Waals surface area contributed by atoms with Crippen LogP contribution in [0.5, 0.6) is 0 Å². The summed E-state index contributed by atoms with van der Waals surface area (Å²) >= 11 is 0. The van der Waals surface area contributed by atoms with Crippen molar-refractivity contribution in [3.05, 3.63) is 74.4 Å². The first-order chi connectivity index (χ1) is 19.7. The number of pyridine rings is 1. The minimum Gasteiger partial charge on any atom is -0.383 e. The van der Waals surface area contributed by atoms with E-state index in [4.69, 9.17) is 10.5 Å². The Balaban J connectivity index is 1.37. The maximum atomic E-state index is 15.0. The maximum Gasteiger partial charge on any atom is 0.423 e. The van der Waals surface area contributed by atoms with Gasteiger partial charge in [-0.3, -0.25) is 9.59 Å². The number of nitrogens with zero attached hydrogens (tertiary/aromatic N) is 4. The Hall–Kier alpha value is -4.54. The van der Waals surface area contributed by atoms with E-state index in [1.54, 1.807) is 5.10 Å². The molecule has 222 valence electrons. The molecule has 1 saturated heterocycles. The lowest BCUT2D eigenvalue weighted by Gasteiger charge is -2.31. The van der Waals surface area contributed by atoms with Crippen molar-refractivity contribution in [2.75, 3.05) is 24.3 Å². The molecule has 5 rings (SSSR count). The molecule has 10 nitrogen and oxygen atoms in total. The van der Waals surface area contributed by atoms with Gasteiger partial charge in [-0.1, -0.05) is 0 Å². The van der Waals surface area contributed by atoms with Crippen LogP contribution in [-0.4, -0.2) is 44.0 Å². The van der Waals surface area contributed by atoms with Crippen molar-refractivity contribution in [1.29, 1.82) is 0 Å². The van der Waals surface area contributed by atoms with E-state index in [1.807, 2.05) is 0 Å². The van der Waals surface area contributed by atoms with Gasteiger partial charge in [0.15, 0.2) is 5.82 Å². The summed E-state index contributed by atoms with van der Waals surface area (Å²) in [6.45, 7) is 0.300. The molecule has 0 radical (unpaired) electrons. The molecule has 0 spiro atoms. The first-order valence-corrected chi connectivity index (χ1v) is 12.2. The second-order valence-electron chi connectivity index (χ2n) is 9.65. The Bertz CT molecular complexity index is 1770. The number of nitrogens with two attached hydrogens (primary N) is 1. The molecule has 4 aromatic rings. The third kappa shape index (κ3) is 5.77. The van der Waals surface area contributed by atoms with E-state index in [-0.39, 0.29) is 48.4 Å². The number of alkyl halides is 6. The molecule has 17 heteroatoms. The van der Waals surface area contributed by atoms with Gasteiger partial charge in [-0.2, -0.15) is 31.4 Å². The van der Waals surface area contributed by atoms with Crippen LogP contribution < -0.4 is 22.2 Å². The number of benzene rings is 1. The van der Waals surface area contributed by atoms with Crippen molar-refractivity contribution in [3.63, 3.8) is 0 Å². The third-order valence-electron chi connectivity index (χ3n) is 6.67. The molecule has 1 aliphatic heterocycles. The molecule has 1 aromatic carbocycles. The number of aromatic amines is 1. The molecule has 3 aromatic heterocycles. The van der Waals surface area contributed by atoms with Gasteiger partial charge < -0.3 is 20.4 Å². The standard InChI is InChI=1S/C25H20F7N7O3/c26-17-5-14-12(4-15(17)21-34-6-16(20(33)37-21)24(27,28)29)1-2-39(23(14)41)8-11-3-13(10-42-9-11)36-18-7-35-38-22(40)19(18)25(30,31)32/h1-2,4-7,11,13H,3,8-10H2,(H2,33,34,37)(H2,36,38,40)/t11?,13-/m1/s1. The van der Waals surface area contributed by atoms with Gasteiger partial charge >= 0.3 is 12.4 Å². The van der Waals surface area contributed by atoms with Crippen LogP contribution in [0.1, 0.15) is 17.5 Å². The number of anilines is 2. The van der Waals surface area contributed by atoms with Gasteiger partial charge in [-0.15, -0.1) is 0 Å². The fourth-order valence-corrected chi connectivity index (χ4v) is 4.79. The number of hydrogen-bond donors (Lipinski definition) is 3. The Morgan fingerprint density at radius 3 is 2.55 bits per heavy atom. The number of H-pyrrole nitrogens is 1. The van der Waals surface area contributed by atoms with Crippen LogP contribution in [0.25, 0.3) is 22.2 Å². The van der Waals surface area contributed by atoms with E-state index in [0.717, 1.165) is 12.3 Å². The third-order valence-corrected chi connectivity index (χ3v) is 6.67. The topological polar surface area (TPSA) is 141 Å². The number of halogens is 7. The summed E-state index contributed by atoms with van der Waals surface area (Å²) in [5, 5.41) is 8.06. The van der Waals surface area contributed by atoms with E-state index in [9.17, 15) is 35.9 Å². The molecule has 4 heterocycles. The van der Waals surface area contributed by atoms with Gasteiger partial charge in [0.2, 0.25) is 0 Å². The number of ether oxygens (including phenoxy) is 1. The zero-order valence-electron chi connectivity index (χ0n) is 21.2. The molecule has 0 aliphatic carbocycles. The summed E-state index contributed by atoms with van der Waals surface area (Å²) in [6.07, 6.45) is -6.72. The van der Waals surface area contributed by atoms with Crippen molar-refractivity contribution >= 4 is 22.3 Å². The summed E-state index contributed by atoms with van der Waals surface area (Å²) in [5.41, 5.74) is -0.0413. The van der Waals surface area contributed by atoms with Crippen molar-refractivity contribution in [2.45, 2.75) is 31.4 Å². The van der Waals surface area contributed by atoms with Crippen LogP contribution in [0.4, 0.5) is 42.2 Å². The van der Waals surface area contributed by atoms with Crippen molar-refractivity contribution in [3.8, 4) is 11.4 Å². The Morgan fingerprint density at radius 2 is 1.86 bits per heavy atom. The normalized spacial score (nSPS) is 17.9. The highest BCUT2D eigenvalue weighted by molar-refractivity contribution is 5.86. The summed E-state index contributed by atoms with van der Waals surface area (Å²) in [7, 11) is 0. The molecule has 1 aliphatic rings. The largest absolute Gasteiger partial charge is 0.423 e. The molecule has 1 fully saturated rings. The molecule has 1 unspecified atom stereocenters. The highest BCUT2D eigenvalue weighted by atomic mass is 19.4. The lowest BCUT2D eigenvalue weighted by atomic mass is 9.97. The minimum atomic E-state index is -4.92. The van der Waals surface area contributed by atoms with Gasteiger partial charge in [0.1, 0.15) is 22.8 Å². The van der Waals surface area contributed by atoms with Gasteiger partial charge in [-0.05, 0) is 30.0 Å². The van der Waals surface area contributed by atoms with Crippen LogP contribution in [0.2, 0.25) is 0 Å². The highest BCUT2D eigenvalue weighted by Crippen LogP contribution is 2.34. The van der Waals surface area contributed by atoms with Crippen LogP contribution in [0, 0.1) is 11.7 Å². The average molecular weight is 599 g/mol. The van der Waals surface area contributed by atoms with Gasteiger partial charge in [0.25, 0.3) is 11.1 Å². The number of fused-ring (bicyclic) bond motifs is 1. The SMILES string of the molecule is Nc1nc(-c2cc3ccn(CC4COC[C@H](Nc5cn[nH]c(=O)c5C(F)(F)F)C4)c(=O)c3cc2F)ncc1C(F)(F)F. The first kappa shape index (κ1) is 29.0. The number of nitrogen functional groups attached to an aromatic ring is 1. The molecule has 2 atom stereocenters. The van der Waals surface area contributed by atoms with Crippen LogP contribution in [0.3, 0.4) is 0 Å². The molecular formula is C25H20F7N7O3. The van der Waals surface area contributed by atoms with E-state index >= 15 is 4.39 Å². The molecule has 42 heavy (non-hydrogen) atoms. The molecular weight excluding hydrogens is 579 g/mol. The zero-order valence-corrected chi connectivity index (χ0v) is 21.2. The minimum absolute atomic E-state index is 0.0329. The van der Waals surface area contributed by atoms with Gasteiger partial charge in [-0.25, -0.2) is 19.5 Å². The molecule has 4 N–H and O–H groups in total. The van der Waals surface area contributed by atoms with Crippen LogP contribution >= 0.6 is 0 Å². The number of aromatic nitrogens is 5. The monoisotopic (exact) mass is 599 g/mol. The van der Waals surface area contributed by atoms with Crippen LogP contribution in [-0.2, 0) is 23.6 Å². The zero-order chi connectivity index (χ0) is 30.4. The summed E-state index contributed by atoms with van der Waals surface area (Å²) in [6, 6.07) is 2.99. The molecule has 0 bridgehead atoms. The molecule has 0 saturated carbocycles. The van der Waals surface area contributed by atoms with Crippen LogP contribution in [0.15, 0.2) is 46.4 Å². The Labute approximate surface area is 230 Å². The average Bonchev–Trinajstić information content (AvgIpc) is 2.89. The van der Waals surface area contributed by atoms with Gasteiger partial charge in [0.05, 0.1) is 36.0 Å². The molecule has 0 amide bonds. The van der Waals surface area contributed by atoms with Crippen molar-refractivity contribution < 1.29 is 35.5 Å². The van der Waals surface area contributed by atoms with E-state index in [0.29, 0.717) is 6.20 Å². The summed E-state index contributed by atoms with van der Waals surface area (Å²) in [4.78, 5) is 32.1. The number of hydrogen-bond acceptors (Lipinski definition) is 8. The Morgan fingerprint density at radius 1 is 1.10 bits per heavy atom. The van der Waals surface area contributed by atoms with E-state index < -0.39 is 63.8 Å². The lowest BCUT2D eigenvalue weighted by molar-refractivity contribution is -0.138. The van der Waals surface area contributed by atoms with Crippen molar-refractivity contribution in [2.24, 2.45) is 5.92 Å². The fraction of sp³-hybridized carbons (Fsp3) is 0.320.